The standard InChI is InChI=1S/C26H30F4N4O2S/c27-22-3-7-25(8-4-22)37(35,36)32-23-5-1-19(2-6-23)9-10-33-11-13-34(14-12-33)24-16-20(18-31)15-21(17-24)26(28,29)30/h3-4,7-8,15-17,19,23,32H,1-2,5-6,9-14H2. The molecular formula is C26H30F4N4O2S. The van der Waals surface area contributed by atoms with Gasteiger partial charge in [-0.15, -0.1) is 0 Å². The molecule has 2 aromatic carbocycles. The van der Waals surface area contributed by atoms with Crippen molar-refractivity contribution in [3.8, 4) is 6.07 Å². The smallest absolute Gasteiger partial charge is 0.369 e. The van der Waals surface area contributed by atoms with Crippen LogP contribution in [0.5, 0.6) is 0 Å². The molecule has 0 spiro atoms. The summed E-state index contributed by atoms with van der Waals surface area (Å²) in [7, 11) is -3.68. The number of hydrogen-bond donors (Lipinski definition) is 1. The van der Waals surface area contributed by atoms with Gasteiger partial charge in [-0.1, -0.05) is 0 Å². The molecule has 0 radical (unpaired) electrons. The lowest BCUT2D eigenvalue weighted by atomic mass is 9.84. The Kier molecular flexibility index (Phi) is 8.41. The highest BCUT2D eigenvalue weighted by Crippen LogP contribution is 2.33. The highest BCUT2D eigenvalue weighted by Gasteiger charge is 2.32. The van der Waals surface area contributed by atoms with Crippen LogP contribution in [0.4, 0.5) is 23.2 Å². The molecule has 1 aliphatic carbocycles. The number of alkyl halides is 3. The van der Waals surface area contributed by atoms with Crippen LogP contribution in [0.15, 0.2) is 47.4 Å². The van der Waals surface area contributed by atoms with Crippen molar-refractivity contribution in [2.75, 3.05) is 37.6 Å². The van der Waals surface area contributed by atoms with E-state index in [9.17, 15) is 26.0 Å². The van der Waals surface area contributed by atoms with Crippen LogP contribution in [0.25, 0.3) is 0 Å². The lowest BCUT2D eigenvalue weighted by Gasteiger charge is -2.37. The summed E-state index contributed by atoms with van der Waals surface area (Å²) in [5.41, 5.74) is -0.380. The summed E-state index contributed by atoms with van der Waals surface area (Å²) in [6.07, 6.45) is -0.191. The minimum atomic E-state index is -4.50. The largest absolute Gasteiger partial charge is 0.416 e. The summed E-state index contributed by atoms with van der Waals surface area (Å²) in [6.45, 7) is 3.51. The molecule has 1 aliphatic heterocycles. The van der Waals surface area contributed by atoms with Gasteiger partial charge < -0.3 is 4.90 Å². The van der Waals surface area contributed by atoms with Crippen LogP contribution in [0.1, 0.15) is 43.2 Å². The maximum atomic E-state index is 13.2. The predicted molar refractivity (Wildman–Crippen MR) is 132 cm³/mol. The molecule has 2 fully saturated rings. The van der Waals surface area contributed by atoms with Crippen molar-refractivity contribution in [1.29, 1.82) is 5.26 Å². The lowest BCUT2D eigenvalue weighted by Crippen LogP contribution is -2.47. The third-order valence-electron chi connectivity index (χ3n) is 7.26. The Morgan fingerprint density at radius 3 is 2.22 bits per heavy atom. The van der Waals surface area contributed by atoms with Crippen LogP contribution in [0.2, 0.25) is 0 Å². The molecule has 2 aliphatic rings. The summed E-state index contributed by atoms with van der Waals surface area (Å²) in [6, 6.07) is 9.97. The van der Waals surface area contributed by atoms with Gasteiger partial charge in [0.2, 0.25) is 10.0 Å². The maximum absolute atomic E-state index is 13.2. The van der Waals surface area contributed by atoms with Crippen molar-refractivity contribution in [2.45, 2.75) is 49.2 Å². The molecule has 0 bridgehead atoms. The molecule has 0 unspecified atom stereocenters. The third-order valence-corrected chi connectivity index (χ3v) is 8.79. The second-order valence-electron chi connectivity index (χ2n) is 9.79. The normalized spacial score (nSPS) is 21.5. The second kappa shape index (κ2) is 11.4. The zero-order chi connectivity index (χ0) is 26.6. The fourth-order valence-electron chi connectivity index (χ4n) is 5.09. The molecule has 11 heteroatoms. The predicted octanol–water partition coefficient (Wildman–Crippen LogP) is 4.77. The second-order valence-corrected chi connectivity index (χ2v) is 11.5. The Hall–Kier alpha value is -2.68. The lowest BCUT2D eigenvalue weighted by molar-refractivity contribution is -0.137. The van der Waals surface area contributed by atoms with Crippen LogP contribution in [-0.4, -0.2) is 52.1 Å². The molecule has 6 nitrogen and oxygen atoms in total. The molecule has 0 aromatic heterocycles. The van der Waals surface area contributed by atoms with Crippen molar-refractivity contribution < 1.29 is 26.0 Å². The van der Waals surface area contributed by atoms with Gasteiger partial charge in [0.05, 0.1) is 22.1 Å². The van der Waals surface area contributed by atoms with Gasteiger partial charge in [0.1, 0.15) is 5.82 Å². The number of piperazine rings is 1. The highest BCUT2D eigenvalue weighted by atomic mass is 32.2. The number of benzene rings is 2. The first-order chi connectivity index (χ1) is 17.5. The van der Waals surface area contributed by atoms with E-state index >= 15 is 0 Å². The van der Waals surface area contributed by atoms with E-state index in [1.165, 1.54) is 18.2 Å². The number of hydrogen-bond acceptors (Lipinski definition) is 5. The van der Waals surface area contributed by atoms with Crippen molar-refractivity contribution >= 4 is 15.7 Å². The quantitative estimate of drug-likeness (QED) is 0.515. The van der Waals surface area contributed by atoms with Crippen LogP contribution in [-0.2, 0) is 16.2 Å². The van der Waals surface area contributed by atoms with E-state index < -0.39 is 27.6 Å². The molecule has 0 atom stereocenters. The first-order valence-corrected chi connectivity index (χ1v) is 13.9. The summed E-state index contributed by atoms with van der Waals surface area (Å²) < 4.78 is 80.5. The zero-order valence-corrected chi connectivity index (χ0v) is 21.2. The molecule has 37 heavy (non-hydrogen) atoms. The number of nitriles is 1. The molecule has 0 amide bonds. The van der Waals surface area contributed by atoms with E-state index in [0.29, 0.717) is 24.7 Å². The van der Waals surface area contributed by atoms with E-state index in [4.69, 9.17) is 5.26 Å². The van der Waals surface area contributed by atoms with Gasteiger partial charge in [0, 0.05) is 37.9 Å². The first-order valence-electron chi connectivity index (χ1n) is 12.4. The molecule has 1 N–H and O–H groups in total. The topological polar surface area (TPSA) is 76.4 Å². The van der Waals surface area contributed by atoms with Crippen LogP contribution >= 0.6 is 0 Å². The van der Waals surface area contributed by atoms with E-state index in [1.54, 1.807) is 0 Å². The maximum Gasteiger partial charge on any atom is 0.416 e. The Labute approximate surface area is 214 Å². The van der Waals surface area contributed by atoms with E-state index in [0.717, 1.165) is 76.0 Å². The summed E-state index contributed by atoms with van der Waals surface area (Å²) in [5, 5.41) is 9.13. The molecule has 1 saturated carbocycles. The van der Waals surface area contributed by atoms with E-state index in [2.05, 4.69) is 9.62 Å². The van der Waals surface area contributed by atoms with Crippen molar-refractivity contribution in [3.05, 3.63) is 59.4 Å². The van der Waals surface area contributed by atoms with Crippen molar-refractivity contribution in [3.63, 3.8) is 0 Å². The number of nitrogens with one attached hydrogen (secondary N) is 1. The van der Waals surface area contributed by atoms with Gasteiger partial charge in [-0.3, -0.25) is 4.90 Å². The average Bonchev–Trinajstić information content (AvgIpc) is 2.88. The van der Waals surface area contributed by atoms with Crippen LogP contribution in [0.3, 0.4) is 0 Å². The monoisotopic (exact) mass is 538 g/mol. The Morgan fingerprint density at radius 2 is 1.62 bits per heavy atom. The first kappa shape index (κ1) is 27.4. The number of halogens is 4. The Balaban J connectivity index is 1.21. The third kappa shape index (κ3) is 7.21. The number of rotatable bonds is 7. The fourth-order valence-corrected chi connectivity index (χ4v) is 6.39. The van der Waals surface area contributed by atoms with Crippen LogP contribution < -0.4 is 9.62 Å². The van der Waals surface area contributed by atoms with Gasteiger partial charge in [0.15, 0.2) is 0 Å². The molecule has 200 valence electrons. The summed E-state index contributed by atoms with van der Waals surface area (Å²) >= 11 is 0. The van der Waals surface area contributed by atoms with Gasteiger partial charge in [-0.05, 0) is 87.0 Å². The number of anilines is 1. The minimum Gasteiger partial charge on any atom is -0.369 e. The SMILES string of the molecule is N#Cc1cc(N2CCN(CCC3CCC(NS(=O)(=O)c4ccc(F)cc4)CC3)CC2)cc(C(F)(F)F)c1. The molecular weight excluding hydrogens is 508 g/mol. The molecule has 1 heterocycles. The summed E-state index contributed by atoms with van der Waals surface area (Å²) in [5.74, 6) is 0.0101. The minimum absolute atomic E-state index is 0.00260. The Bertz CT molecular complexity index is 1210. The van der Waals surface area contributed by atoms with Crippen molar-refractivity contribution in [2.24, 2.45) is 5.92 Å². The Morgan fingerprint density at radius 1 is 0.973 bits per heavy atom. The zero-order valence-electron chi connectivity index (χ0n) is 20.3. The molecule has 1 saturated heterocycles. The van der Waals surface area contributed by atoms with E-state index in [-0.39, 0.29) is 16.5 Å². The van der Waals surface area contributed by atoms with Gasteiger partial charge >= 0.3 is 6.18 Å². The van der Waals surface area contributed by atoms with Gasteiger partial charge in [-0.2, -0.15) is 18.4 Å². The van der Waals surface area contributed by atoms with Crippen molar-refractivity contribution in [1.82, 2.24) is 9.62 Å². The fraction of sp³-hybridized carbons (Fsp3) is 0.500. The molecule has 4 rings (SSSR count). The highest BCUT2D eigenvalue weighted by molar-refractivity contribution is 7.89. The van der Waals surface area contributed by atoms with E-state index in [1.807, 2.05) is 11.0 Å². The number of sulfonamides is 1. The molecule has 2 aromatic rings. The number of nitrogens with zero attached hydrogens (tertiary/aromatic N) is 3. The van der Waals surface area contributed by atoms with Gasteiger partial charge in [-0.25, -0.2) is 17.5 Å². The van der Waals surface area contributed by atoms with Gasteiger partial charge in [0.25, 0.3) is 0 Å². The van der Waals surface area contributed by atoms with Crippen LogP contribution in [0, 0.1) is 23.1 Å². The summed E-state index contributed by atoms with van der Waals surface area (Å²) in [4.78, 5) is 4.26. The average molecular weight is 539 g/mol.